The van der Waals surface area contributed by atoms with Crippen molar-refractivity contribution in [2.45, 2.75) is 26.8 Å². The number of nitrogen functional groups attached to an aromatic ring is 1. The van der Waals surface area contributed by atoms with Gasteiger partial charge in [0.2, 0.25) is 5.91 Å². The van der Waals surface area contributed by atoms with Crippen LogP contribution in [0.15, 0.2) is 22.7 Å². The molecule has 0 spiro atoms. The second kappa shape index (κ2) is 5.24. The summed E-state index contributed by atoms with van der Waals surface area (Å²) >= 11 is 0. The summed E-state index contributed by atoms with van der Waals surface area (Å²) < 4.78 is 5.15. The summed E-state index contributed by atoms with van der Waals surface area (Å²) in [6.45, 7) is 5.75. The number of carbonyl (C=O) groups excluding carboxylic acids is 1. The largest absolute Gasteiger partial charge is 0.397 e. The fourth-order valence-electron chi connectivity index (χ4n) is 2.26. The molecule has 20 heavy (non-hydrogen) atoms. The van der Waals surface area contributed by atoms with Crippen LogP contribution in [0.5, 0.6) is 0 Å². The summed E-state index contributed by atoms with van der Waals surface area (Å²) in [7, 11) is 0. The van der Waals surface area contributed by atoms with Crippen molar-refractivity contribution < 1.29 is 9.32 Å². The first kappa shape index (κ1) is 13.9. The van der Waals surface area contributed by atoms with Gasteiger partial charge in [-0.25, -0.2) is 0 Å². The molecule has 1 atom stereocenters. The van der Waals surface area contributed by atoms with Crippen LogP contribution in [0.25, 0.3) is 0 Å². The van der Waals surface area contributed by atoms with E-state index < -0.39 is 5.91 Å². The van der Waals surface area contributed by atoms with Gasteiger partial charge in [0.1, 0.15) is 5.76 Å². The molecule has 1 unspecified atom stereocenters. The second-order valence-electron chi connectivity index (χ2n) is 4.77. The quantitative estimate of drug-likeness (QED) is 0.740. The Morgan fingerprint density at radius 1 is 1.40 bits per heavy atom. The van der Waals surface area contributed by atoms with Crippen molar-refractivity contribution in [3.8, 4) is 0 Å². The average molecular weight is 274 g/mol. The molecule has 0 fully saturated rings. The van der Waals surface area contributed by atoms with E-state index in [0.717, 1.165) is 22.7 Å². The van der Waals surface area contributed by atoms with E-state index in [9.17, 15) is 4.79 Å². The maximum atomic E-state index is 11.1. The number of primary amides is 1. The third-order valence-electron chi connectivity index (χ3n) is 3.23. The molecule has 0 aliphatic carbocycles. The first-order valence-electron chi connectivity index (χ1n) is 6.28. The van der Waals surface area contributed by atoms with Crippen LogP contribution >= 0.6 is 0 Å². The number of nitrogens with two attached hydrogens (primary N) is 2. The highest BCUT2D eigenvalue weighted by atomic mass is 16.5. The maximum Gasteiger partial charge on any atom is 0.248 e. The van der Waals surface area contributed by atoms with Crippen LogP contribution in [0.2, 0.25) is 0 Å². The Morgan fingerprint density at radius 2 is 2.10 bits per heavy atom. The Bertz CT molecular complexity index is 629. The van der Waals surface area contributed by atoms with Crippen molar-refractivity contribution in [1.82, 2.24) is 5.16 Å². The van der Waals surface area contributed by atoms with Crippen LogP contribution in [0.3, 0.4) is 0 Å². The van der Waals surface area contributed by atoms with Crippen LogP contribution in [-0.2, 0) is 0 Å². The topological polar surface area (TPSA) is 107 Å². The molecule has 106 valence electrons. The molecule has 0 aliphatic rings. The molecule has 6 nitrogen and oxygen atoms in total. The standard InChI is InChI=1S/C14H18N4O2/c1-7(13-8(2)18-20-9(13)3)17-12-5-4-10(14(16)19)6-11(12)15/h4-7,17H,15H2,1-3H3,(H2,16,19). The first-order chi connectivity index (χ1) is 9.40. The van der Waals surface area contributed by atoms with Gasteiger partial charge in [0.25, 0.3) is 0 Å². The van der Waals surface area contributed by atoms with Gasteiger partial charge in [0.15, 0.2) is 0 Å². The summed E-state index contributed by atoms with van der Waals surface area (Å²) in [5.74, 6) is 0.275. The molecule has 1 amide bonds. The number of carbonyl (C=O) groups is 1. The maximum absolute atomic E-state index is 11.1. The molecule has 5 N–H and O–H groups in total. The van der Waals surface area contributed by atoms with Crippen LogP contribution in [0, 0.1) is 13.8 Å². The Morgan fingerprint density at radius 3 is 2.60 bits per heavy atom. The van der Waals surface area contributed by atoms with E-state index in [2.05, 4.69) is 10.5 Å². The van der Waals surface area contributed by atoms with Crippen molar-refractivity contribution in [2.24, 2.45) is 5.73 Å². The number of benzene rings is 1. The third kappa shape index (κ3) is 2.59. The van der Waals surface area contributed by atoms with Crippen molar-refractivity contribution >= 4 is 17.3 Å². The Hall–Kier alpha value is -2.50. The molecule has 6 heteroatoms. The molecule has 1 aromatic heterocycles. The third-order valence-corrected chi connectivity index (χ3v) is 3.23. The molecular formula is C14H18N4O2. The van der Waals surface area contributed by atoms with E-state index >= 15 is 0 Å². The van der Waals surface area contributed by atoms with E-state index in [0.29, 0.717) is 11.3 Å². The molecule has 1 aromatic carbocycles. The van der Waals surface area contributed by atoms with E-state index in [-0.39, 0.29) is 6.04 Å². The molecular weight excluding hydrogens is 256 g/mol. The van der Waals surface area contributed by atoms with Gasteiger partial charge in [-0.1, -0.05) is 5.16 Å². The molecule has 0 saturated carbocycles. The van der Waals surface area contributed by atoms with Crippen molar-refractivity contribution in [3.63, 3.8) is 0 Å². The molecule has 0 aliphatic heterocycles. The van der Waals surface area contributed by atoms with Gasteiger partial charge in [0, 0.05) is 11.1 Å². The molecule has 2 aromatic rings. The van der Waals surface area contributed by atoms with E-state index in [4.69, 9.17) is 16.0 Å². The summed E-state index contributed by atoms with van der Waals surface area (Å²) in [4.78, 5) is 11.1. The van der Waals surface area contributed by atoms with Gasteiger partial charge in [0.05, 0.1) is 23.1 Å². The smallest absolute Gasteiger partial charge is 0.248 e. The minimum atomic E-state index is -0.498. The zero-order valence-corrected chi connectivity index (χ0v) is 11.7. The predicted molar refractivity (Wildman–Crippen MR) is 77.4 cm³/mol. The highest BCUT2D eigenvalue weighted by Gasteiger charge is 2.17. The van der Waals surface area contributed by atoms with E-state index in [1.54, 1.807) is 18.2 Å². The van der Waals surface area contributed by atoms with Gasteiger partial charge in [-0.05, 0) is 39.0 Å². The van der Waals surface area contributed by atoms with Crippen molar-refractivity contribution in [2.75, 3.05) is 11.1 Å². The fourth-order valence-corrected chi connectivity index (χ4v) is 2.26. The van der Waals surface area contributed by atoms with Crippen LogP contribution in [-0.4, -0.2) is 11.1 Å². The van der Waals surface area contributed by atoms with Gasteiger partial charge in [-0.2, -0.15) is 0 Å². The highest BCUT2D eigenvalue weighted by molar-refractivity contribution is 5.94. The number of nitrogens with zero attached hydrogens (tertiary/aromatic N) is 1. The predicted octanol–water partition coefficient (Wildman–Crippen LogP) is 2.15. The molecule has 1 heterocycles. The Kier molecular flexibility index (Phi) is 3.65. The van der Waals surface area contributed by atoms with E-state index in [1.165, 1.54) is 0 Å². The number of anilines is 2. The van der Waals surface area contributed by atoms with Gasteiger partial charge < -0.3 is 21.3 Å². The zero-order chi connectivity index (χ0) is 14.9. The minimum Gasteiger partial charge on any atom is -0.397 e. The normalized spacial score (nSPS) is 12.2. The number of hydrogen-bond acceptors (Lipinski definition) is 5. The van der Waals surface area contributed by atoms with Crippen LogP contribution in [0.4, 0.5) is 11.4 Å². The second-order valence-corrected chi connectivity index (χ2v) is 4.77. The SMILES string of the molecule is Cc1noc(C)c1C(C)Nc1ccc(C(N)=O)cc1N. The summed E-state index contributed by atoms with van der Waals surface area (Å²) in [5, 5.41) is 7.21. The zero-order valence-electron chi connectivity index (χ0n) is 11.7. The Balaban J connectivity index is 2.24. The Labute approximate surface area is 117 Å². The summed E-state index contributed by atoms with van der Waals surface area (Å²) in [6.07, 6.45) is 0. The lowest BCUT2D eigenvalue weighted by Gasteiger charge is -2.17. The van der Waals surface area contributed by atoms with Gasteiger partial charge >= 0.3 is 0 Å². The van der Waals surface area contributed by atoms with Gasteiger partial charge in [-0.15, -0.1) is 0 Å². The van der Waals surface area contributed by atoms with Crippen LogP contribution < -0.4 is 16.8 Å². The lowest BCUT2D eigenvalue weighted by Crippen LogP contribution is -2.13. The number of amides is 1. The minimum absolute atomic E-state index is 0.0111. The number of hydrogen-bond donors (Lipinski definition) is 3. The number of aromatic nitrogens is 1. The van der Waals surface area contributed by atoms with Crippen molar-refractivity contribution in [1.29, 1.82) is 0 Å². The average Bonchev–Trinajstić information content (AvgIpc) is 2.71. The first-order valence-corrected chi connectivity index (χ1v) is 6.28. The van der Waals surface area contributed by atoms with Crippen molar-refractivity contribution in [3.05, 3.63) is 40.8 Å². The molecule has 2 rings (SSSR count). The summed E-state index contributed by atoms with van der Waals surface area (Å²) in [6, 6.07) is 4.93. The number of aryl methyl sites for hydroxylation is 2. The monoisotopic (exact) mass is 274 g/mol. The van der Waals surface area contributed by atoms with E-state index in [1.807, 2.05) is 20.8 Å². The molecule has 0 radical (unpaired) electrons. The summed E-state index contributed by atoms with van der Waals surface area (Å²) in [5.41, 5.74) is 14.6. The van der Waals surface area contributed by atoms with Crippen LogP contribution in [0.1, 0.15) is 40.3 Å². The number of rotatable bonds is 4. The lowest BCUT2D eigenvalue weighted by atomic mass is 10.1. The molecule has 0 bridgehead atoms. The highest BCUT2D eigenvalue weighted by Crippen LogP contribution is 2.28. The fraction of sp³-hybridized carbons (Fsp3) is 0.286. The number of nitrogens with one attached hydrogen (secondary N) is 1. The molecule has 0 saturated heterocycles. The van der Waals surface area contributed by atoms with Gasteiger partial charge in [-0.3, -0.25) is 4.79 Å². The lowest BCUT2D eigenvalue weighted by molar-refractivity contribution is 0.100.